The summed E-state index contributed by atoms with van der Waals surface area (Å²) in [6.45, 7) is 1.96. The molecule has 4 nitrogen and oxygen atoms in total. The highest BCUT2D eigenvalue weighted by Crippen LogP contribution is 2.37. The van der Waals surface area contributed by atoms with Crippen molar-refractivity contribution in [1.82, 2.24) is 4.98 Å². The summed E-state index contributed by atoms with van der Waals surface area (Å²) in [6.07, 6.45) is 3.71. The van der Waals surface area contributed by atoms with Crippen molar-refractivity contribution in [1.29, 1.82) is 0 Å². The Labute approximate surface area is 131 Å². The summed E-state index contributed by atoms with van der Waals surface area (Å²) in [5, 5.41) is 0. The van der Waals surface area contributed by atoms with Crippen molar-refractivity contribution in [3.63, 3.8) is 0 Å². The molecule has 22 heavy (non-hydrogen) atoms. The number of ether oxygens (including phenoxy) is 3. The van der Waals surface area contributed by atoms with Gasteiger partial charge in [-0.15, -0.1) is 0 Å². The number of methoxy groups -OCH3 is 3. The van der Waals surface area contributed by atoms with Crippen molar-refractivity contribution in [2.75, 3.05) is 21.3 Å². The second-order valence-electron chi connectivity index (χ2n) is 4.39. The molecule has 1 aromatic heterocycles. The molecule has 113 valence electrons. The van der Waals surface area contributed by atoms with Gasteiger partial charge in [-0.2, -0.15) is 0 Å². The predicted molar refractivity (Wildman–Crippen MR) is 85.4 cm³/mol. The Morgan fingerprint density at radius 1 is 1.00 bits per heavy atom. The van der Waals surface area contributed by atoms with Crippen LogP contribution < -0.4 is 14.2 Å². The number of pyridine rings is 1. The SMILES string of the molecule is C[CH]c1cccnc1C#Cc1cc(OC)c(OC)c(OC)c1. The molecule has 0 aliphatic heterocycles. The molecule has 4 heteroatoms. The maximum Gasteiger partial charge on any atom is 0.203 e. The minimum atomic E-state index is 0.552. The van der Waals surface area contributed by atoms with E-state index in [-0.39, 0.29) is 0 Å². The average molecular weight is 296 g/mol. The van der Waals surface area contributed by atoms with Crippen LogP contribution in [-0.4, -0.2) is 26.3 Å². The van der Waals surface area contributed by atoms with E-state index in [0.717, 1.165) is 16.8 Å². The van der Waals surface area contributed by atoms with Crippen LogP contribution in [0.1, 0.15) is 23.7 Å². The van der Waals surface area contributed by atoms with Crippen molar-refractivity contribution >= 4 is 0 Å². The van der Waals surface area contributed by atoms with Crippen LogP contribution in [0.2, 0.25) is 0 Å². The first kappa shape index (κ1) is 15.7. The lowest BCUT2D eigenvalue weighted by Crippen LogP contribution is -1.96. The second kappa shape index (κ2) is 7.37. The van der Waals surface area contributed by atoms with Gasteiger partial charge in [-0.1, -0.05) is 18.9 Å². The van der Waals surface area contributed by atoms with Crippen LogP contribution in [0.5, 0.6) is 17.2 Å². The van der Waals surface area contributed by atoms with Crippen LogP contribution in [0, 0.1) is 18.3 Å². The number of hydrogen-bond acceptors (Lipinski definition) is 4. The largest absolute Gasteiger partial charge is 0.493 e. The lowest BCUT2D eigenvalue weighted by molar-refractivity contribution is 0.324. The fourth-order valence-electron chi connectivity index (χ4n) is 2.04. The molecule has 0 amide bonds. The van der Waals surface area contributed by atoms with Gasteiger partial charge in [0.05, 0.1) is 21.3 Å². The van der Waals surface area contributed by atoms with Crippen LogP contribution in [0.4, 0.5) is 0 Å². The monoisotopic (exact) mass is 296 g/mol. The summed E-state index contributed by atoms with van der Waals surface area (Å²) in [4.78, 5) is 4.29. The number of nitrogens with zero attached hydrogens (tertiary/aromatic N) is 1. The Morgan fingerprint density at radius 2 is 1.68 bits per heavy atom. The summed E-state index contributed by atoms with van der Waals surface area (Å²) in [5.74, 6) is 7.87. The molecule has 2 rings (SSSR count). The quantitative estimate of drug-likeness (QED) is 0.813. The van der Waals surface area contributed by atoms with E-state index in [0.29, 0.717) is 17.2 Å². The van der Waals surface area contributed by atoms with E-state index < -0.39 is 0 Å². The van der Waals surface area contributed by atoms with E-state index >= 15 is 0 Å². The number of rotatable bonds is 4. The van der Waals surface area contributed by atoms with Crippen LogP contribution in [0.15, 0.2) is 30.5 Å². The third kappa shape index (κ3) is 3.32. The van der Waals surface area contributed by atoms with Gasteiger partial charge in [-0.3, -0.25) is 0 Å². The minimum absolute atomic E-state index is 0.552. The third-order valence-corrected chi connectivity index (χ3v) is 3.14. The van der Waals surface area contributed by atoms with Gasteiger partial charge in [0.25, 0.3) is 0 Å². The van der Waals surface area contributed by atoms with Crippen molar-refractivity contribution in [3.8, 4) is 29.1 Å². The van der Waals surface area contributed by atoms with Crippen LogP contribution >= 0.6 is 0 Å². The van der Waals surface area contributed by atoms with Gasteiger partial charge < -0.3 is 14.2 Å². The normalized spacial score (nSPS) is 9.64. The van der Waals surface area contributed by atoms with Gasteiger partial charge in [0, 0.05) is 11.8 Å². The molecule has 0 bridgehead atoms. The topological polar surface area (TPSA) is 40.6 Å². The van der Waals surface area contributed by atoms with E-state index in [9.17, 15) is 0 Å². The molecular formula is C18H18NO3. The van der Waals surface area contributed by atoms with Gasteiger partial charge in [0.2, 0.25) is 5.75 Å². The van der Waals surface area contributed by atoms with Gasteiger partial charge in [-0.05, 0) is 36.1 Å². The number of aromatic nitrogens is 1. The van der Waals surface area contributed by atoms with Gasteiger partial charge in [-0.25, -0.2) is 4.98 Å². The second-order valence-corrected chi connectivity index (χ2v) is 4.39. The fraction of sp³-hybridized carbons (Fsp3) is 0.222. The van der Waals surface area contributed by atoms with Crippen LogP contribution in [-0.2, 0) is 0 Å². The highest BCUT2D eigenvalue weighted by Gasteiger charge is 2.12. The molecule has 0 fully saturated rings. The Morgan fingerprint density at radius 3 is 2.23 bits per heavy atom. The van der Waals surface area contributed by atoms with Gasteiger partial charge in [0.15, 0.2) is 11.5 Å². The lowest BCUT2D eigenvalue weighted by atomic mass is 10.1. The fourth-order valence-corrected chi connectivity index (χ4v) is 2.04. The zero-order valence-electron chi connectivity index (χ0n) is 13.1. The molecule has 0 N–H and O–H groups in total. The Hall–Kier alpha value is -2.67. The van der Waals surface area contributed by atoms with E-state index in [4.69, 9.17) is 14.2 Å². The van der Waals surface area contributed by atoms with Crippen LogP contribution in [0.3, 0.4) is 0 Å². The first-order valence-electron chi connectivity index (χ1n) is 6.79. The summed E-state index contributed by atoms with van der Waals surface area (Å²) >= 11 is 0. The zero-order valence-corrected chi connectivity index (χ0v) is 13.1. The van der Waals surface area contributed by atoms with E-state index in [1.54, 1.807) is 27.5 Å². The summed E-state index contributed by atoms with van der Waals surface area (Å²) in [6, 6.07) is 7.49. The maximum atomic E-state index is 5.32. The third-order valence-electron chi connectivity index (χ3n) is 3.14. The molecule has 2 aromatic rings. The standard InChI is InChI=1S/C18H18NO3/c1-5-14-7-6-10-19-15(14)9-8-13-11-16(20-2)18(22-4)17(12-13)21-3/h5-7,10-12H,1-4H3. The Balaban J connectivity index is 2.45. The highest BCUT2D eigenvalue weighted by atomic mass is 16.5. The highest BCUT2D eigenvalue weighted by molar-refractivity contribution is 5.58. The van der Waals surface area contributed by atoms with Crippen LogP contribution in [0.25, 0.3) is 0 Å². The van der Waals surface area contributed by atoms with Gasteiger partial charge in [0.1, 0.15) is 5.69 Å². The average Bonchev–Trinajstić information content (AvgIpc) is 2.58. The number of benzene rings is 1. The Kier molecular flexibility index (Phi) is 5.26. The smallest absolute Gasteiger partial charge is 0.203 e. The van der Waals surface area contributed by atoms with Gasteiger partial charge >= 0.3 is 0 Å². The first-order valence-corrected chi connectivity index (χ1v) is 6.79. The Bertz CT molecular complexity index is 689. The predicted octanol–water partition coefficient (Wildman–Crippen LogP) is 3.08. The molecule has 0 saturated heterocycles. The van der Waals surface area contributed by atoms with Crippen molar-refractivity contribution < 1.29 is 14.2 Å². The molecule has 0 atom stereocenters. The summed E-state index contributed by atoms with van der Waals surface area (Å²) < 4.78 is 15.9. The van der Waals surface area contributed by atoms with E-state index in [2.05, 4.69) is 16.8 Å². The summed E-state index contributed by atoms with van der Waals surface area (Å²) in [7, 11) is 4.73. The molecule has 0 aliphatic rings. The molecule has 1 radical (unpaired) electrons. The lowest BCUT2D eigenvalue weighted by Gasteiger charge is -2.12. The molecular weight excluding hydrogens is 278 g/mol. The van der Waals surface area contributed by atoms with Crippen molar-refractivity contribution in [2.45, 2.75) is 6.92 Å². The van der Waals surface area contributed by atoms with Crippen molar-refractivity contribution in [2.24, 2.45) is 0 Å². The maximum absolute atomic E-state index is 5.32. The minimum Gasteiger partial charge on any atom is -0.493 e. The molecule has 1 aromatic carbocycles. The number of hydrogen-bond donors (Lipinski definition) is 0. The van der Waals surface area contributed by atoms with E-state index in [1.807, 2.05) is 37.6 Å². The van der Waals surface area contributed by atoms with Crippen molar-refractivity contribution in [3.05, 3.63) is 53.7 Å². The first-order chi connectivity index (χ1) is 10.7. The molecule has 0 aliphatic carbocycles. The van der Waals surface area contributed by atoms with E-state index in [1.165, 1.54) is 0 Å². The molecule has 0 unspecified atom stereocenters. The molecule has 0 spiro atoms. The summed E-state index contributed by atoms with van der Waals surface area (Å²) in [5.41, 5.74) is 2.50. The zero-order chi connectivity index (χ0) is 15.9. The molecule has 0 saturated carbocycles. The molecule has 1 heterocycles.